The number of aromatic nitrogens is 2. The Morgan fingerprint density at radius 1 is 1.17 bits per heavy atom. The molecule has 0 bridgehead atoms. The predicted octanol–water partition coefficient (Wildman–Crippen LogP) is 4.28. The van der Waals surface area contributed by atoms with E-state index in [2.05, 4.69) is 15.1 Å². The fourth-order valence-corrected chi connectivity index (χ4v) is 2.13. The SMILES string of the molecule is O=Nc1c(Cl)[nH]c2ncc(-c3ccccc3)cc12. The molecule has 2 aromatic heterocycles. The molecule has 5 heteroatoms. The molecule has 0 radical (unpaired) electrons. The number of benzene rings is 1. The van der Waals surface area contributed by atoms with Crippen molar-refractivity contribution in [1.82, 2.24) is 9.97 Å². The number of nitrogens with one attached hydrogen (secondary N) is 1. The predicted molar refractivity (Wildman–Crippen MR) is 72.0 cm³/mol. The van der Waals surface area contributed by atoms with Gasteiger partial charge in [-0.1, -0.05) is 41.9 Å². The third-order valence-electron chi connectivity index (χ3n) is 2.78. The van der Waals surface area contributed by atoms with Gasteiger partial charge in [-0.05, 0) is 16.8 Å². The number of H-pyrrole nitrogens is 1. The average molecular weight is 258 g/mol. The minimum Gasteiger partial charge on any atom is -0.328 e. The minimum absolute atomic E-state index is 0.206. The van der Waals surface area contributed by atoms with Gasteiger partial charge in [-0.2, -0.15) is 0 Å². The van der Waals surface area contributed by atoms with E-state index < -0.39 is 0 Å². The van der Waals surface area contributed by atoms with Crippen LogP contribution in [0.15, 0.2) is 47.8 Å². The molecular weight excluding hydrogens is 250 g/mol. The third-order valence-corrected chi connectivity index (χ3v) is 3.05. The molecule has 0 aliphatic heterocycles. The maximum absolute atomic E-state index is 10.8. The van der Waals surface area contributed by atoms with E-state index >= 15 is 0 Å². The first kappa shape index (κ1) is 10.9. The molecule has 3 aromatic rings. The summed E-state index contributed by atoms with van der Waals surface area (Å²) in [5, 5.41) is 3.80. The van der Waals surface area contributed by atoms with Crippen molar-refractivity contribution in [1.29, 1.82) is 0 Å². The van der Waals surface area contributed by atoms with Crippen molar-refractivity contribution in [3.05, 3.63) is 52.7 Å². The number of nitrogens with zero attached hydrogens (tertiary/aromatic N) is 2. The van der Waals surface area contributed by atoms with Crippen LogP contribution >= 0.6 is 11.6 Å². The molecule has 1 aromatic carbocycles. The zero-order valence-corrected chi connectivity index (χ0v) is 9.98. The highest BCUT2D eigenvalue weighted by molar-refractivity contribution is 6.34. The van der Waals surface area contributed by atoms with E-state index in [1.54, 1.807) is 6.20 Å². The summed E-state index contributed by atoms with van der Waals surface area (Å²) < 4.78 is 0. The summed E-state index contributed by atoms with van der Waals surface area (Å²) in [6.07, 6.45) is 1.74. The maximum atomic E-state index is 10.8. The van der Waals surface area contributed by atoms with E-state index in [4.69, 9.17) is 11.6 Å². The van der Waals surface area contributed by atoms with Gasteiger partial charge in [0.05, 0.1) is 5.39 Å². The molecule has 1 N–H and O–H groups in total. The summed E-state index contributed by atoms with van der Waals surface area (Å²) in [5.41, 5.74) is 2.72. The first-order chi connectivity index (χ1) is 8.79. The molecule has 0 saturated heterocycles. The van der Waals surface area contributed by atoms with Crippen LogP contribution in [0, 0.1) is 4.91 Å². The molecule has 0 aliphatic carbocycles. The van der Waals surface area contributed by atoms with Gasteiger partial charge in [-0.25, -0.2) is 4.98 Å². The highest BCUT2D eigenvalue weighted by atomic mass is 35.5. The van der Waals surface area contributed by atoms with Crippen molar-refractivity contribution in [2.45, 2.75) is 0 Å². The van der Waals surface area contributed by atoms with E-state index in [9.17, 15) is 4.91 Å². The van der Waals surface area contributed by atoms with E-state index in [0.29, 0.717) is 11.0 Å². The monoisotopic (exact) mass is 257 g/mol. The van der Waals surface area contributed by atoms with Gasteiger partial charge in [0.1, 0.15) is 10.8 Å². The zero-order chi connectivity index (χ0) is 12.5. The lowest BCUT2D eigenvalue weighted by atomic mass is 10.1. The second kappa shape index (κ2) is 4.23. The van der Waals surface area contributed by atoms with E-state index in [1.807, 2.05) is 36.4 Å². The maximum Gasteiger partial charge on any atom is 0.154 e. The van der Waals surface area contributed by atoms with Crippen LogP contribution < -0.4 is 0 Å². The smallest absolute Gasteiger partial charge is 0.154 e. The number of hydrogen-bond donors (Lipinski definition) is 1. The second-order valence-electron chi connectivity index (χ2n) is 3.87. The van der Waals surface area contributed by atoms with Gasteiger partial charge in [0.15, 0.2) is 5.69 Å². The lowest BCUT2D eigenvalue weighted by Gasteiger charge is -2.00. The summed E-state index contributed by atoms with van der Waals surface area (Å²) in [5.74, 6) is 0. The van der Waals surface area contributed by atoms with E-state index in [-0.39, 0.29) is 10.8 Å². The number of rotatable bonds is 2. The molecule has 0 amide bonds. The molecule has 3 rings (SSSR count). The highest BCUT2D eigenvalue weighted by Gasteiger charge is 2.12. The zero-order valence-electron chi connectivity index (χ0n) is 9.22. The van der Waals surface area contributed by atoms with Crippen LogP contribution in [0.2, 0.25) is 5.15 Å². The fraction of sp³-hybridized carbons (Fsp3) is 0. The van der Waals surface area contributed by atoms with Crippen LogP contribution in [0.3, 0.4) is 0 Å². The number of aromatic amines is 1. The van der Waals surface area contributed by atoms with E-state index in [1.165, 1.54) is 0 Å². The van der Waals surface area contributed by atoms with Crippen molar-refractivity contribution in [2.75, 3.05) is 0 Å². The van der Waals surface area contributed by atoms with Crippen molar-refractivity contribution in [3.63, 3.8) is 0 Å². The number of halogens is 1. The molecule has 4 nitrogen and oxygen atoms in total. The van der Waals surface area contributed by atoms with Gasteiger partial charge < -0.3 is 4.98 Å². The first-order valence-corrected chi connectivity index (χ1v) is 5.73. The summed E-state index contributed by atoms with van der Waals surface area (Å²) in [4.78, 5) is 17.8. The van der Waals surface area contributed by atoms with Gasteiger partial charge in [0.2, 0.25) is 0 Å². The van der Waals surface area contributed by atoms with Gasteiger partial charge in [0, 0.05) is 11.8 Å². The van der Waals surface area contributed by atoms with Crippen LogP contribution in [0.25, 0.3) is 22.2 Å². The molecular formula is C13H8ClN3O. The van der Waals surface area contributed by atoms with Crippen LogP contribution in [-0.2, 0) is 0 Å². The molecule has 0 aliphatic rings. The van der Waals surface area contributed by atoms with Gasteiger partial charge in [-0.15, -0.1) is 4.91 Å². The molecule has 2 heterocycles. The highest BCUT2D eigenvalue weighted by Crippen LogP contribution is 2.34. The van der Waals surface area contributed by atoms with Crippen molar-refractivity contribution in [3.8, 4) is 11.1 Å². The molecule has 0 spiro atoms. The van der Waals surface area contributed by atoms with Crippen LogP contribution in [0.4, 0.5) is 5.69 Å². The summed E-state index contributed by atoms with van der Waals surface area (Å²) >= 11 is 5.88. The third kappa shape index (κ3) is 1.67. The standard InChI is InChI=1S/C13H8ClN3O/c14-12-11(17-18)10-6-9(7-15-13(10)16-12)8-4-2-1-3-5-8/h1-7H,(H,15,16). The number of hydrogen-bond acceptors (Lipinski definition) is 3. The van der Waals surface area contributed by atoms with Crippen molar-refractivity contribution in [2.24, 2.45) is 5.18 Å². The lowest BCUT2D eigenvalue weighted by Crippen LogP contribution is -1.80. The molecule has 18 heavy (non-hydrogen) atoms. The van der Waals surface area contributed by atoms with Gasteiger partial charge >= 0.3 is 0 Å². The van der Waals surface area contributed by atoms with Crippen LogP contribution in [-0.4, -0.2) is 9.97 Å². The summed E-state index contributed by atoms with van der Waals surface area (Å²) in [6.45, 7) is 0. The Balaban J connectivity index is 2.25. The summed E-state index contributed by atoms with van der Waals surface area (Å²) in [6, 6.07) is 11.7. The molecule has 0 unspecified atom stereocenters. The second-order valence-corrected chi connectivity index (χ2v) is 4.24. The number of fused-ring (bicyclic) bond motifs is 1. The van der Waals surface area contributed by atoms with Crippen LogP contribution in [0.5, 0.6) is 0 Å². The molecule has 0 atom stereocenters. The van der Waals surface area contributed by atoms with Crippen molar-refractivity contribution >= 4 is 28.3 Å². The fourth-order valence-electron chi connectivity index (χ4n) is 1.90. The Morgan fingerprint density at radius 2 is 1.94 bits per heavy atom. The first-order valence-electron chi connectivity index (χ1n) is 5.35. The molecule has 0 saturated carbocycles. The Morgan fingerprint density at radius 3 is 2.67 bits per heavy atom. The van der Waals surface area contributed by atoms with Crippen molar-refractivity contribution < 1.29 is 0 Å². The average Bonchev–Trinajstić information content (AvgIpc) is 2.74. The Bertz CT molecular complexity index is 722. The van der Waals surface area contributed by atoms with Gasteiger partial charge in [0.25, 0.3) is 0 Å². The normalized spacial score (nSPS) is 10.7. The summed E-state index contributed by atoms with van der Waals surface area (Å²) in [7, 11) is 0. The lowest BCUT2D eigenvalue weighted by molar-refractivity contribution is 1.32. The quantitative estimate of drug-likeness (QED) is 0.697. The van der Waals surface area contributed by atoms with E-state index in [0.717, 1.165) is 11.1 Å². The minimum atomic E-state index is 0.206. The number of nitroso groups, excluding NO2 is 1. The molecule has 0 fully saturated rings. The topological polar surface area (TPSA) is 58.1 Å². The number of pyridine rings is 1. The molecule has 88 valence electrons. The Labute approximate surface area is 108 Å². The van der Waals surface area contributed by atoms with Gasteiger partial charge in [-0.3, -0.25) is 0 Å². The Hall–Kier alpha value is -2.20. The van der Waals surface area contributed by atoms with Crippen LogP contribution in [0.1, 0.15) is 0 Å². The largest absolute Gasteiger partial charge is 0.328 e. The Kier molecular flexibility index (Phi) is 2.57.